The Hall–Kier alpha value is -1.35. The third-order valence-electron chi connectivity index (χ3n) is 4.45. The maximum atomic E-state index is 12.6. The van der Waals surface area contributed by atoms with Gasteiger partial charge < -0.3 is 10.4 Å². The highest BCUT2D eigenvalue weighted by molar-refractivity contribution is 5.89. The number of amides is 1. The first-order valence-corrected chi connectivity index (χ1v) is 7.97. The molecule has 1 atom stereocenters. The number of carbonyl (C=O) groups excluding carboxylic acids is 1. The first kappa shape index (κ1) is 16.0. The van der Waals surface area contributed by atoms with E-state index < -0.39 is 6.10 Å². The van der Waals surface area contributed by atoms with Crippen LogP contribution in [0, 0.1) is 12.8 Å². The second-order valence-corrected chi connectivity index (χ2v) is 6.80. The topological polar surface area (TPSA) is 49.3 Å². The van der Waals surface area contributed by atoms with Gasteiger partial charge in [-0.15, -0.1) is 0 Å². The van der Waals surface area contributed by atoms with Crippen molar-refractivity contribution in [1.29, 1.82) is 0 Å². The largest absolute Gasteiger partial charge is 0.391 e. The minimum Gasteiger partial charge on any atom is -0.391 e. The maximum Gasteiger partial charge on any atom is 0.230 e. The summed E-state index contributed by atoms with van der Waals surface area (Å²) in [6.45, 7) is 6.56. The SMILES string of the molecule is Cc1cccc(C2(C(=O)NCC(O)CC(C)C)CCC2)c1. The Bertz CT molecular complexity index is 492. The average molecular weight is 289 g/mol. The molecule has 0 aliphatic heterocycles. The fourth-order valence-electron chi connectivity index (χ4n) is 3.13. The predicted octanol–water partition coefficient (Wildman–Crippen LogP) is 2.94. The van der Waals surface area contributed by atoms with Crippen LogP contribution < -0.4 is 5.32 Å². The molecule has 21 heavy (non-hydrogen) atoms. The maximum absolute atomic E-state index is 12.6. The van der Waals surface area contributed by atoms with Crippen LogP contribution in [-0.2, 0) is 10.2 Å². The monoisotopic (exact) mass is 289 g/mol. The molecule has 1 aromatic rings. The van der Waals surface area contributed by atoms with Crippen LogP contribution in [0.25, 0.3) is 0 Å². The van der Waals surface area contributed by atoms with Crippen LogP contribution in [0.1, 0.15) is 50.7 Å². The number of aliphatic hydroxyl groups excluding tert-OH is 1. The van der Waals surface area contributed by atoms with E-state index in [-0.39, 0.29) is 11.3 Å². The first-order chi connectivity index (χ1) is 9.94. The number of hydrogen-bond acceptors (Lipinski definition) is 2. The Labute approximate surface area is 127 Å². The summed E-state index contributed by atoms with van der Waals surface area (Å²) in [4.78, 5) is 12.6. The molecule has 116 valence electrons. The zero-order valence-electron chi connectivity index (χ0n) is 13.4. The summed E-state index contributed by atoms with van der Waals surface area (Å²) in [5.41, 5.74) is 1.93. The second kappa shape index (κ2) is 6.61. The molecule has 3 heteroatoms. The molecule has 0 heterocycles. The highest BCUT2D eigenvalue weighted by Crippen LogP contribution is 2.44. The van der Waals surface area contributed by atoms with Gasteiger partial charge in [0.05, 0.1) is 11.5 Å². The number of nitrogens with one attached hydrogen (secondary N) is 1. The van der Waals surface area contributed by atoms with Crippen LogP contribution in [0.5, 0.6) is 0 Å². The van der Waals surface area contributed by atoms with Crippen LogP contribution in [-0.4, -0.2) is 23.7 Å². The summed E-state index contributed by atoms with van der Waals surface area (Å²) in [6, 6.07) is 8.24. The zero-order chi connectivity index (χ0) is 15.5. The highest BCUT2D eigenvalue weighted by atomic mass is 16.3. The molecule has 0 aromatic heterocycles. The van der Waals surface area contributed by atoms with Gasteiger partial charge >= 0.3 is 0 Å². The molecule has 0 spiro atoms. The number of carbonyl (C=O) groups is 1. The number of hydrogen-bond donors (Lipinski definition) is 2. The van der Waals surface area contributed by atoms with Gasteiger partial charge in [-0.2, -0.15) is 0 Å². The van der Waals surface area contributed by atoms with Gasteiger partial charge in [0.15, 0.2) is 0 Å². The third kappa shape index (κ3) is 3.65. The Morgan fingerprint density at radius 3 is 2.62 bits per heavy atom. The standard InChI is InChI=1S/C18H27NO2/c1-13(2)10-16(20)12-19-17(21)18(8-5-9-18)15-7-4-6-14(3)11-15/h4,6-7,11,13,16,20H,5,8-10,12H2,1-3H3,(H,19,21). The molecule has 2 rings (SSSR count). The Morgan fingerprint density at radius 1 is 1.38 bits per heavy atom. The molecule has 1 fully saturated rings. The van der Waals surface area contributed by atoms with E-state index in [1.165, 1.54) is 5.56 Å². The lowest BCUT2D eigenvalue weighted by molar-refractivity contribution is -0.130. The fraction of sp³-hybridized carbons (Fsp3) is 0.611. The molecule has 1 aromatic carbocycles. The van der Waals surface area contributed by atoms with Crippen molar-refractivity contribution in [3.8, 4) is 0 Å². The molecular weight excluding hydrogens is 262 g/mol. The fourth-order valence-corrected chi connectivity index (χ4v) is 3.13. The molecule has 3 nitrogen and oxygen atoms in total. The summed E-state index contributed by atoms with van der Waals surface area (Å²) in [5.74, 6) is 0.508. The van der Waals surface area contributed by atoms with Gasteiger partial charge in [-0.3, -0.25) is 4.79 Å². The first-order valence-electron chi connectivity index (χ1n) is 7.97. The van der Waals surface area contributed by atoms with Crippen LogP contribution in [0.3, 0.4) is 0 Å². The Kier molecular flexibility index (Phi) is 5.04. The van der Waals surface area contributed by atoms with Crippen molar-refractivity contribution in [3.63, 3.8) is 0 Å². The normalized spacial score (nSPS) is 18.1. The molecule has 0 bridgehead atoms. The third-order valence-corrected chi connectivity index (χ3v) is 4.45. The van der Waals surface area contributed by atoms with Gasteiger partial charge in [0, 0.05) is 6.54 Å². The van der Waals surface area contributed by atoms with E-state index in [1.807, 2.05) is 6.07 Å². The molecule has 1 aliphatic rings. The van der Waals surface area contributed by atoms with Crippen molar-refractivity contribution in [2.75, 3.05) is 6.54 Å². The summed E-state index contributed by atoms with van der Waals surface area (Å²) in [6.07, 6.45) is 3.17. The summed E-state index contributed by atoms with van der Waals surface area (Å²) in [7, 11) is 0. The van der Waals surface area contributed by atoms with Gasteiger partial charge in [0.25, 0.3) is 0 Å². The smallest absolute Gasteiger partial charge is 0.230 e. The van der Waals surface area contributed by atoms with Crippen molar-refractivity contribution >= 4 is 5.91 Å². The number of benzene rings is 1. The van der Waals surface area contributed by atoms with Crippen molar-refractivity contribution in [1.82, 2.24) is 5.32 Å². The summed E-state index contributed by atoms with van der Waals surface area (Å²) < 4.78 is 0. The molecule has 2 N–H and O–H groups in total. The van der Waals surface area contributed by atoms with Gasteiger partial charge in [-0.05, 0) is 37.7 Å². The lowest BCUT2D eigenvalue weighted by atomic mass is 9.63. The van der Waals surface area contributed by atoms with E-state index in [2.05, 4.69) is 44.3 Å². The molecule has 1 saturated carbocycles. The molecule has 0 radical (unpaired) electrons. The van der Waals surface area contributed by atoms with Crippen LogP contribution in [0.4, 0.5) is 0 Å². The lowest BCUT2D eigenvalue weighted by Crippen LogP contribution is -2.50. The second-order valence-electron chi connectivity index (χ2n) is 6.80. The number of aliphatic hydroxyl groups is 1. The molecule has 0 saturated heterocycles. The van der Waals surface area contributed by atoms with Gasteiger partial charge in [0.1, 0.15) is 0 Å². The van der Waals surface area contributed by atoms with Crippen molar-refractivity contribution in [3.05, 3.63) is 35.4 Å². The molecule has 1 aliphatic carbocycles. The molecular formula is C18H27NO2. The Morgan fingerprint density at radius 2 is 2.10 bits per heavy atom. The van der Waals surface area contributed by atoms with E-state index in [4.69, 9.17) is 0 Å². The zero-order valence-corrected chi connectivity index (χ0v) is 13.4. The molecule has 1 unspecified atom stereocenters. The van der Waals surface area contributed by atoms with Crippen molar-refractivity contribution < 1.29 is 9.90 Å². The summed E-state index contributed by atoms with van der Waals surface area (Å²) >= 11 is 0. The van der Waals surface area contributed by atoms with Gasteiger partial charge in [-0.1, -0.05) is 50.1 Å². The lowest BCUT2D eigenvalue weighted by Gasteiger charge is -2.41. The summed E-state index contributed by atoms with van der Waals surface area (Å²) in [5, 5.41) is 12.9. The number of rotatable bonds is 6. The minimum absolute atomic E-state index is 0.0714. The van der Waals surface area contributed by atoms with Gasteiger partial charge in [-0.25, -0.2) is 0 Å². The number of aryl methyl sites for hydroxylation is 1. The van der Waals surface area contributed by atoms with E-state index in [0.29, 0.717) is 12.5 Å². The van der Waals surface area contributed by atoms with Crippen LogP contribution >= 0.6 is 0 Å². The molecule has 1 amide bonds. The van der Waals surface area contributed by atoms with Gasteiger partial charge in [0.2, 0.25) is 5.91 Å². The van der Waals surface area contributed by atoms with E-state index in [9.17, 15) is 9.90 Å². The van der Waals surface area contributed by atoms with E-state index in [1.54, 1.807) is 0 Å². The highest BCUT2D eigenvalue weighted by Gasteiger charge is 2.45. The van der Waals surface area contributed by atoms with E-state index >= 15 is 0 Å². The quantitative estimate of drug-likeness (QED) is 0.846. The average Bonchev–Trinajstić information content (AvgIpc) is 2.34. The minimum atomic E-state index is -0.455. The van der Waals surface area contributed by atoms with Crippen LogP contribution in [0.15, 0.2) is 24.3 Å². The van der Waals surface area contributed by atoms with Crippen molar-refractivity contribution in [2.45, 2.75) is 58.0 Å². The van der Waals surface area contributed by atoms with Crippen molar-refractivity contribution in [2.24, 2.45) is 5.92 Å². The van der Waals surface area contributed by atoms with Crippen LogP contribution in [0.2, 0.25) is 0 Å². The Balaban J connectivity index is 2.02. The predicted molar refractivity (Wildman–Crippen MR) is 85.2 cm³/mol. The van der Waals surface area contributed by atoms with E-state index in [0.717, 1.165) is 31.2 Å².